The topological polar surface area (TPSA) is 93.0 Å². The molecule has 3 fully saturated rings. The van der Waals surface area contributed by atoms with Gasteiger partial charge in [-0.25, -0.2) is 8.42 Å². The molecule has 1 atom stereocenters. The molecule has 1 spiro atoms. The van der Waals surface area contributed by atoms with Crippen molar-refractivity contribution in [3.63, 3.8) is 0 Å². The van der Waals surface area contributed by atoms with Crippen LogP contribution in [-0.2, 0) is 26.0 Å². The first-order valence-electron chi connectivity index (χ1n) is 11.1. The highest BCUT2D eigenvalue weighted by atomic mass is 32.2. The lowest BCUT2D eigenvalue weighted by atomic mass is 9.82. The quantitative estimate of drug-likeness (QED) is 0.675. The summed E-state index contributed by atoms with van der Waals surface area (Å²) in [6.07, 6.45) is 5.23. The molecule has 1 aromatic heterocycles. The summed E-state index contributed by atoms with van der Waals surface area (Å²) in [5, 5.41) is 3.93. The predicted molar refractivity (Wildman–Crippen MR) is 112 cm³/mol. The number of piperidine rings is 1. The van der Waals surface area contributed by atoms with E-state index in [0.29, 0.717) is 31.9 Å². The minimum absolute atomic E-state index is 0.0146. The molecule has 168 valence electrons. The number of sulfonamides is 1. The number of aromatic nitrogens is 1. The Balaban J connectivity index is 1.39. The number of likely N-dealkylation sites (tertiary alicyclic amines) is 1. The molecule has 0 N–H and O–H groups in total. The van der Waals surface area contributed by atoms with Gasteiger partial charge in [0.25, 0.3) is 0 Å². The zero-order valence-electron chi connectivity index (χ0n) is 18.2. The first-order chi connectivity index (χ1) is 14.2. The van der Waals surface area contributed by atoms with Crippen LogP contribution >= 0.6 is 0 Å². The van der Waals surface area contributed by atoms with E-state index in [1.165, 1.54) is 0 Å². The molecule has 1 amide bonds. The van der Waals surface area contributed by atoms with E-state index in [0.717, 1.165) is 49.8 Å². The van der Waals surface area contributed by atoms with Crippen LogP contribution in [0.5, 0.6) is 0 Å². The third kappa shape index (κ3) is 4.29. The molecular formula is C21H33N3O5S. The predicted octanol–water partition coefficient (Wildman–Crippen LogP) is 2.19. The molecule has 8 nitrogen and oxygen atoms in total. The van der Waals surface area contributed by atoms with Crippen molar-refractivity contribution in [2.75, 3.05) is 25.4 Å². The summed E-state index contributed by atoms with van der Waals surface area (Å²) in [6.45, 7) is 7.27. The van der Waals surface area contributed by atoms with E-state index in [4.69, 9.17) is 9.26 Å². The molecule has 0 radical (unpaired) electrons. The third-order valence-electron chi connectivity index (χ3n) is 6.96. The van der Waals surface area contributed by atoms with Gasteiger partial charge in [0, 0.05) is 37.3 Å². The average molecular weight is 440 g/mol. The van der Waals surface area contributed by atoms with Gasteiger partial charge in [0.1, 0.15) is 5.76 Å². The van der Waals surface area contributed by atoms with Gasteiger partial charge in [0.2, 0.25) is 15.9 Å². The molecule has 1 aliphatic carbocycles. The van der Waals surface area contributed by atoms with Gasteiger partial charge in [-0.05, 0) is 59.3 Å². The number of aryl methyl sites for hydroxylation is 2. The second kappa shape index (κ2) is 8.24. The van der Waals surface area contributed by atoms with E-state index >= 15 is 0 Å². The highest BCUT2D eigenvalue weighted by Gasteiger charge is 2.48. The molecule has 3 heterocycles. The Morgan fingerprint density at radius 2 is 1.90 bits per heavy atom. The van der Waals surface area contributed by atoms with E-state index in [1.54, 1.807) is 11.2 Å². The standard InChI is InChI=1S/C21H33N3O5S/c1-4-30(26,27)24(17-5-6-17)18-7-12-28-21(14-18)8-10-23(11-9-21)20(25)13-19-15(2)22-29-16(19)3/h17-18H,4-14H2,1-3H3. The lowest BCUT2D eigenvalue weighted by Gasteiger charge is -2.48. The molecular weight excluding hydrogens is 406 g/mol. The Bertz CT molecular complexity index is 865. The van der Waals surface area contributed by atoms with E-state index in [2.05, 4.69) is 5.16 Å². The highest BCUT2D eigenvalue weighted by molar-refractivity contribution is 7.89. The zero-order valence-corrected chi connectivity index (χ0v) is 19.0. The second-order valence-electron chi connectivity index (χ2n) is 9.00. The molecule has 4 rings (SSSR count). The number of nitrogens with zero attached hydrogens (tertiary/aromatic N) is 3. The third-order valence-corrected chi connectivity index (χ3v) is 8.92. The van der Waals surface area contributed by atoms with Crippen LogP contribution < -0.4 is 0 Å². The monoisotopic (exact) mass is 439 g/mol. The molecule has 1 unspecified atom stereocenters. The van der Waals surface area contributed by atoms with Crippen molar-refractivity contribution in [3.05, 3.63) is 17.0 Å². The summed E-state index contributed by atoms with van der Waals surface area (Å²) in [7, 11) is -3.22. The fourth-order valence-electron chi connectivity index (χ4n) is 4.98. The van der Waals surface area contributed by atoms with Gasteiger partial charge in [0.15, 0.2) is 0 Å². The summed E-state index contributed by atoms with van der Waals surface area (Å²) in [5.74, 6) is 0.933. The van der Waals surface area contributed by atoms with Crippen LogP contribution in [0, 0.1) is 13.8 Å². The van der Waals surface area contributed by atoms with Crippen molar-refractivity contribution in [2.45, 2.75) is 83.4 Å². The van der Waals surface area contributed by atoms with Crippen LogP contribution in [0.4, 0.5) is 0 Å². The molecule has 30 heavy (non-hydrogen) atoms. The summed E-state index contributed by atoms with van der Waals surface area (Å²) < 4.78 is 38.6. The number of hydrogen-bond donors (Lipinski definition) is 0. The number of carbonyl (C=O) groups is 1. The molecule has 0 aromatic carbocycles. The number of rotatable bonds is 6. The van der Waals surface area contributed by atoms with Gasteiger partial charge in [-0.2, -0.15) is 4.31 Å². The maximum absolute atomic E-state index is 12.8. The van der Waals surface area contributed by atoms with Gasteiger partial charge in [0.05, 0.1) is 23.5 Å². The smallest absolute Gasteiger partial charge is 0.227 e. The Hall–Kier alpha value is -1.45. The van der Waals surface area contributed by atoms with E-state index < -0.39 is 10.0 Å². The van der Waals surface area contributed by atoms with Crippen molar-refractivity contribution >= 4 is 15.9 Å². The molecule has 1 aromatic rings. The normalized spacial score (nSPS) is 24.5. The van der Waals surface area contributed by atoms with Gasteiger partial charge >= 0.3 is 0 Å². The Morgan fingerprint density at radius 3 is 2.47 bits per heavy atom. The fraction of sp³-hybridized carbons (Fsp3) is 0.810. The minimum Gasteiger partial charge on any atom is -0.375 e. The van der Waals surface area contributed by atoms with Crippen molar-refractivity contribution in [3.8, 4) is 0 Å². The van der Waals surface area contributed by atoms with Crippen LogP contribution in [0.3, 0.4) is 0 Å². The SMILES string of the molecule is CCS(=O)(=O)N(C1CC1)C1CCOC2(CCN(C(=O)Cc3c(C)noc3C)CC2)C1. The van der Waals surface area contributed by atoms with Gasteiger partial charge in [-0.3, -0.25) is 4.79 Å². The summed E-state index contributed by atoms with van der Waals surface area (Å²) >= 11 is 0. The number of ether oxygens (including phenoxy) is 1. The molecule has 2 saturated heterocycles. The molecule has 9 heteroatoms. The Labute approximate surface area is 179 Å². The first kappa shape index (κ1) is 21.8. The Morgan fingerprint density at radius 1 is 1.20 bits per heavy atom. The number of carbonyl (C=O) groups excluding carboxylic acids is 1. The lowest BCUT2D eigenvalue weighted by Crippen LogP contribution is -2.56. The highest BCUT2D eigenvalue weighted by Crippen LogP contribution is 2.41. The van der Waals surface area contributed by atoms with Gasteiger partial charge < -0.3 is 14.2 Å². The van der Waals surface area contributed by atoms with Crippen molar-refractivity contribution in [1.29, 1.82) is 0 Å². The number of hydrogen-bond acceptors (Lipinski definition) is 6. The maximum atomic E-state index is 12.8. The van der Waals surface area contributed by atoms with Crippen LogP contribution in [0.25, 0.3) is 0 Å². The molecule has 0 bridgehead atoms. The summed E-state index contributed by atoms with van der Waals surface area (Å²) in [6, 6.07) is 0.188. The van der Waals surface area contributed by atoms with E-state index in [9.17, 15) is 13.2 Å². The van der Waals surface area contributed by atoms with Crippen molar-refractivity contribution in [1.82, 2.24) is 14.4 Å². The van der Waals surface area contributed by atoms with E-state index in [1.807, 2.05) is 18.7 Å². The zero-order chi connectivity index (χ0) is 21.5. The second-order valence-corrected chi connectivity index (χ2v) is 11.2. The largest absolute Gasteiger partial charge is 0.375 e. The van der Waals surface area contributed by atoms with Crippen molar-refractivity contribution < 1.29 is 22.5 Å². The molecule has 1 saturated carbocycles. The number of amides is 1. The average Bonchev–Trinajstić information content (AvgIpc) is 3.50. The molecule has 2 aliphatic heterocycles. The fourth-order valence-corrected chi connectivity index (χ4v) is 6.58. The Kier molecular flexibility index (Phi) is 5.98. The van der Waals surface area contributed by atoms with Crippen LogP contribution in [-0.4, -0.2) is 71.8 Å². The summed E-state index contributed by atoms with van der Waals surface area (Å²) in [5.41, 5.74) is 1.32. The van der Waals surface area contributed by atoms with Crippen molar-refractivity contribution in [2.24, 2.45) is 0 Å². The van der Waals surface area contributed by atoms with E-state index in [-0.39, 0.29) is 29.3 Å². The molecule has 3 aliphatic rings. The summed E-state index contributed by atoms with van der Waals surface area (Å²) in [4.78, 5) is 14.7. The maximum Gasteiger partial charge on any atom is 0.227 e. The van der Waals surface area contributed by atoms with Crippen LogP contribution in [0.1, 0.15) is 62.5 Å². The lowest BCUT2D eigenvalue weighted by molar-refractivity contribution is -0.146. The van der Waals surface area contributed by atoms with Crippen LogP contribution in [0.2, 0.25) is 0 Å². The van der Waals surface area contributed by atoms with Gasteiger partial charge in [-0.1, -0.05) is 5.16 Å². The first-order valence-corrected chi connectivity index (χ1v) is 12.7. The van der Waals surface area contributed by atoms with Gasteiger partial charge in [-0.15, -0.1) is 0 Å². The van der Waals surface area contributed by atoms with Crippen LogP contribution in [0.15, 0.2) is 4.52 Å². The minimum atomic E-state index is -3.22.